The van der Waals surface area contributed by atoms with Crippen molar-refractivity contribution >= 4 is 27.6 Å². The van der Waals surface area contributed by atoms with Crippen LogP contribution in [0.4, 0.5) is 0 Å². The van der Waals surface area contributed by atoms with E-state index in [1.54, 1.807) is 0 Å². The molecule has 0 atom stereocenters. The molecule has 0 aliphatic carbocycles. The van der Waals surface area contributed by atoms with Crippen molar-refractivity contribution in [1.29, 1.82) is 0 Å². The number of halogens is 1. The van der Waals surface area contributed by atoms with Crippen LogP contribution in [0.5, 0.6) is 0 Å². The van der Waals surface area contributed by atoms with E-state index in [4.69, 9.17) is 16.7 Å². The molecule has 0 unspecified atom stereocenters. The highest BCUT2D eigenvalue weighted by atomic mass is 35.5. The maximum atomic E-state index is 12.3. The molecule has 0 radical (unpaired) electrons. The molecule has 112 valence electrons. The molecule has 5 nitrogen and oxygen atoms in total. The average molecular weight is 320 g/mol. The van der Waals surface area contributed by atoms with E-state index in [0.717, 1.165) is 12.5 Å². The van der Waals surface area contributed by atoms with Crippen molar-refractivity contribution in [2.75, 3.05) is 13.6 Å². The van der Waals surface area contributed by atoms with Gasteiger partial charge in [0, 0.05) is 13.6 Å². The summed E-state index contributed by atoms with van der Waals surface area (Å²) in [7, 11) is -2.22. The van der Waals surface area contributed by atoms with E-state index in [1.807, 2.05) is 13.8 Å². The Bertz CT molecular complexity index is 598. The molecule has 0 heterocycles. The van der Waals surface area contributed by atoms with Gasteiger partial charge in [-0.25, -0.2) is 17.5 Å². The van der Waals surface area contributed by atoms with E-state index in [-0.39, 0.29) is 15.5 Å². The standard InChI is InChI=1S/C13H18ClNO4S/c1-9(2)6-7-15(3)20(18,19)10-4-5-12(14)11(8-10)13(16)17/h4-5,8-9H,6-7H2,1-3H3,(H,16,17). The van der Waals surface area contributed by atoms with Crippen molar-refractivity contribution in [3.63, 3.8) is 0 Å². The number of benzene rings is 1. The Labute approximate surface area is 124 Å². The number of sulfonamides is 1. The molecule has 20 heavy (non-hydrogen) atoms. The number of rotatable bonds is 6. The summed E-state index contributed by atoms with van der Waals surface area (Å²) in [6.45, 7) is 4.39. The molecular formula is C13H18ClNO4S. The first kappa shape index (κ1) is 16.9. The summed E-state index contributed by atoms with van der Waals surface area (Å²) < 4.78 is 25.9. The van der Waals surface area contributed by atoms with Crippen LogP contribution in [0.2, 0.25) is 5.02 Å². The number of carbonyl (C=O) groups is 1. The lowest BCUT2D eigenvalue weighted by Crippen LogP contribution is -2.28. The van der Waals surface area contributed by atoms with Crippen LogP contribution >= 0.6 is 11.6 Å². The van der Waals surface area contributed by atoms with Gasteiger partial charge in [0.05, 0.1) is 15.5 Å². The Morgan fingerprint density at radius 3 is 2.50 bits per heavy atom. The van der Waals surface area contributed by atoms with Gasteiger partial charge in [0.2, 0.25) is 10.0 Å². The average Bonchev–Trinajstić information content (AvgIpc) is 2.35. The van der Waals surface area contributed by atoms with Gasteiger partial charge in [0.15, 0.2) is 0 Å². The van der Waals surface area contributed by atoms with Crippen molar-refractivity contribution in [2.24, 2.45) is 5.92 Å². The SMILES string of the molecule is CC(C)CCN(C)S(=O)(=O)c1ccc(Cl)c(C(=O)O)c1. The molecule has 1 rings (SSSR count). The Morgan fingerprint density at radius 2 is 2.00 bits per heavy atom. The molecule has 0 aliphatic rings. The molecule has 0 spiro atoms. The molecule has 0 fully saturated rings. The second-order valence-corrected chi connectivity index (χ2v) is 7.41. The number of nitrogens with zero attached hydrogens (tertiary/aromatic N) is 1. The maximum Gasteiger partial charge on any atom is 0.337 e. The zero-order valence-electron chi connectivity index (χ0n) is 11.6. The smallest absolute Gasteiger partial charge is 0.337 e. The van der Waals surface area contributed by atoms with E-state index >= 15 is 0 Å². The minimum atomic E-state index is -3.70. The summed E-state index contributed by atoms with van der Waals surface area (Å²) in [5.41, 5.74) is -0.218. The van der Waals surface area contributed by atoms with Crippen molar-refractivity contribution in [3.05, 3.63) is 28.8 Å². The predicted octanol–water partition coefficient (Wildman–Crippen LogP) is 2.70. The molecule has 7 heteroatoms. The van der Waals surface area contributed by atoms with E-state index in [1.165, 1.54) is 23.5 Å². The lowest BCUT2D eigenvalue weighted by molar-refractivity contribution is 0.0697. The number of aromatic carboxylic acids is 1. The Balaban J connectivity index is 3.09. The van der Waals surface area contributed by atoms with E-state index < -0.39 is 16.0 Å². The fourth-order valence-electron chi connectivity index (χ4n) is 1.57. The van der Waals surface area contributed by atoms with E-state index in [2.05, 4.69) is 0 Å². The highest BCUT2D eigenvalue weighted by Gasteiger charge is 2.23. The lowest BCUT2D eigenvalue weighted by atomic mass is 10.1. The third-order valence-electron chi connectivity index (χ3n) is 2.90. The quantitative estimate of drug-likeness (QED) is 0.874. The number of hydrogen-bond donors (Lipinski definition) is 1. The largest absolute Gasteiger partial charge is 0.478 e. The molecule has 0 aliphatic heterocycles. The van der Waals surface area contributed by atoms with Gasteiger partial charge in [-0.2, -0.15) is 0 Å². The molecule has 1 aromatic rings. The van der Waals surface area contributed by atoms with Gasteiger partial charge in [-0.05, 0) is 30.5 Å². The first-order valence-corrected chi connectivity index (χ1v) is 7.97. The molecule has 0 amide bonds. The van der Waals surface area contributed by atoms with Crippen molar-refractivity contribution in [3.8, 4) is 0 Å². The summed E-state index contributed by atoms with van der Waals surface area (Å²) in [4.78, 5) is 10.9. The predicted molar refractivity (Wildman–Crippen MR) is 77.7 cm³/mol. The van der Waals surface area contributed by atoms with Crippen LogP contribution in [0.25, 0.3) is 0 Å². The first-order valence-electron chi connectivity index (χ1n) is 6.15. The summed E-state index contributed by atoms with van der Waals surface area (Å²) in [5, 5.41) is 8.99. The number of carboxylic acid groups (broad SMARTS) is 1. The fourth-order valence-corrected chi connectivity index (χ4v) is 2.98. The minimum Gasteiger partial charge on any atom is -0.478 e. The van der Waals surface area contributed by atoms with Gasteiger partial charge >= 0.3 is 5.97 Å². The summed E-state index contributed by atoms with van der Waals surface area (Å²) in [5.74, 6) is -0.871. The summed E-state index contributed by atoms with van der Waals surface area (Å²) in [6, 6.07) is 3.69. The third-order valence-corrected chi connectivity index (χ3v) is 5.08. The first-order chi connectivity index (χ1) is 9.16. The van der Waals surface area contributed by atoms with Gasteiger partial charge in [-0.1, -0.05) is 25.4 Å². The molecule has 0 aromatic heterocycles. The van der Waals surface area contributed by atoms with Crippen LogP contribution in [0, 0.1) is 5.92 Å². The van der Waals surface area contributed by atoms with E-state index in [9.17, 15) is 13.2 Å². The molecular weight excluding hydrogens is 302 g/mol. The topological polar surface area (TPSA) is 74.7 Å². The highest BCUT2D eigenvalue weighted by molar-refractivity contribution is 7.89. The maximum absolute atomic E-state index is 12.3. The van der Waals surface area contributed by atoms with Gasteiger partial charge in [-0.15, -0.1) is 0 Å². The third kappa shape index (κ3) is 3.94. The second-order valence-electron chi connectivity index (χ2n) is 4.96. The van der Waals surface area contributed by atoms with Crippen LogP contribution < -0.4 is 0 Å². The zero-order chi connectivity index (χ0) is 15.5. The monoisotopic (exact) mass is 319 g/mol. The molecule has 1 aromatic carbocycles. The van der Waals surface area contributed by atoms with Gasteiger partial charge in [0.25, 0.3) is 0 Å². The van der Waals surface area contributed by atoms with Crippen LogP contribution in [0.15, 0.2) is 23.1 Å². The van der Waals surface area contributed by atoms with Gasteiger partial charge in [0.1, 0.15) is 0 Å². The summed E-state index contributed by atoms with van der Waals surface area (Å²) >= 11 is 5.73. The highest BCUT2D eigenvalue weighted by Crippen LogP contribution is 2.22. The van der Waals surface area contributed by atoms with E-state index in [0.29, 0.717) is 12.5 Å². The lowest BCUT2D eigenvalue weighted by Gasteiger charge is -2.18. The molecule has 0 bridgehead atoms. The minimum absolute atomic E-state index is 0.0151. The van der Waals surface area contributed by atoms with Crippen LogP contribution in [0.3, 0.4) is 0 Å². The molecule has 0 saturated heterocycles. The Kier molecular flexibility index (Phi) is 5.56. The second kappa shape index (κ2) is 6.56. The van der Waals surface area contributed by atoms with Crippen molar-refractivity contribution in [1.82, 2.24) is 4.31 Å². The molecule has 0 saturated carbocycles. The summed E-state index contributed by atoms with van der Waals surface area (Å²) in [6.07, 6.45) is 0.731. The van der Waals surface area contributed by atoms with Crippen LogP contribution in [-0.4, -0.2) is 37.4 Å². The van der Waals surface area contributed by atoms with Gasteiger partial charge < -0.3 is 5.11 Å². The Morgan fingerprint density at radius 1 is 1.40 bits per heavy atom. The number of hydrogen-bond acceptors (Lipinski definition) is 3. The Hall–Kier alpha value is -1.11. The van der Waals surface area contributed by atoms with Crippen LogP contribution in [0.1, 0.15) is 30.6 Å². The van der Waals surface area contributed by atoms with Crippen LogP contribution in [-0.2, 0) is 10.0 Å². The zero-order valence-corrected chi connectivity index (χ0v) is 13.2. The number of carboxylic acids is 1. The van der Waals surface area contributed by atoms with Crippen molar-refractivity contribution in [2.45, 2.75) is 25.2 Å². The molecule has 1 N–H and O–H groups in total. The van der Waals surface area contributed by atoms with Crippen molar-refractivity contribution < 1.29 is 18.3 Å². The fraction of sp³-hybridized carbons (Fsp3) is 0.462. The van der Waals surface area contributed by atoms with Gasteiger partial charge in [-0.3, -0.25) is 0 Å². The normalized spacial score (nSPS) is 12.1.